The topological polar surface area (TPSA) is 112 Å². The summed E-state index contributed by atoms with van der Waals surface area (Å²) in [6.07, 6.45) is 1.59. The Bertz CT molecular complexity index is 1160. The van der Waals surface area contributed by atoms with Crippen LogP contribution in [0.25, 0.3) is 5.65 Å². The molecule has 1 N–H and O–H groups in total. The highest BCUT2D eigenvalue weighted by Gasteiger charge is 2.27. The molecule has 0 spiro atoms. The Morgan fingerprint density at radius 2 is 1.90 bits per heavy atom. The van der Waals surface area contributed by atoms with E-state index in [1.54, 1.807) is 23.6 Å². The van der Waals surface area contributed by atoms with Crippen molar-refractivity contribution in [1.29, 1.82) is 0 Å². The van der Waals surface area contributed by atoms with Crippen molar-refractivity contribution in [2.75, 3.05) is 25.3 Å². The molecule has 158 valence electrons. The number of carbonyl (C=O) groups is 3. The Balaban J connectivity index is 1.80. The molecule has 30 heavy (non-hydrogen) atoms. The summed E-state index contributed by atoms with van der Waals surface area (Å²) in [6.45, 7) is 1.58. The Labute approximate surface area is 188 Å². The molecule has 0 aromatic carbocycles. The number of nitrogens with one attached hydrogen (secondary N) is 1. The number of pyridine rings is 1. The van der Waals surface area contributed by atoms with Gasteiger partial charge in [0.2, 0.25) is 5.91 Å². The maximum atomic E-state index is 12.5. The zero-order valence-electron chi connectivity index (χ0n) is 15.8. The molecule has 0 aliphatic rings. The molecular weight excluding hydrogens is 475 g/mol. The molecule has 0 atom stereocenters. The number of fused-ring (bicyclic) bond motifs is 1. The van der Waals surface area contributed by atoms with Crippen molar-refractivity contribution in [2.45, 2.75) is 12.1 Å². The van der Waals surface area contributed by atoms with Crippen LogP contribution in [0.4, 0.5) is 5.00 Å². The quantitative estimate of drug-likeness (QED) is 0.412. The second-order valence-electron chi connectivity index (χ2n) is 5.76. The van der Waals surface area contributed by atoms with Crippen molar-refractivity contribution in [3.05, 3.63) is 38.3 Å². The maximum absolute atomic E-state index is 12.5. The molecule has 0 radical (unpaired) electrons. The fourth-order valence-electron chi connectivity index (χ4n) is 2.53. The van der Waals surface area contributed by atoms with E-state index in [2.05, 4.69) is 15.5 Å². The van der Waals surface area contributed by atoms with Crippen LogP contribution in [-0.4, -0.2) is 52.4 Å². The van der Waals surface area contributed by atoms with E-state index in [0.717, 1.165) is 23.1 Å². The zero-order valence-corrected chi connectivity index (χ0v) is 19.0. The standard InChI is InChI=1S/C17H14Cl2N4O5S2/c1-7-11(15(25)27-2)14(30-12(7)16(26)28-3)20-10(24)6-29-17-22-21-13-9(19)4-8(18)5-23(13)17/h4-5H,6H2,1-3H3,(H,20,24). The molecule has 3 rings (SSSR count). The van der Waals surface area contributed by atoms with Crippen molar-refractivity contribution in [3.63, 3.8) is 0 Å². The van der Waals surface area contributed by atoms with Crippen molar-refractivity contribution < 1.29 is 23.9 Å². The predicted octanol–water partition coefficient (Wildman–Crippen LogP) is 3.71. The normalized spacial score (nSPS) is 10.8. The average Bonchev–Trinajstić information content (AvgIpc) is 3.26. The summed E-state index contributed by atoms with van der Waals surface area (Å²) in [6, 6.07) is 1.54. The third kappa shape index (κ3) is 4.38. The van der Waals surface area contributed by atoms with Gasteiger partial charge in [0.15, 0.2) is 10.8 Å². The molecule has 3 aromatic rings. The molecule has 3 aromatic heterocycles. The van der Waals surface area contributed by atoms with Crippen LogP contribution in [-0.2, 0) is 14.3 Å². The first kappa shape index (κ1) is 22.3. The van der Waals surface area contributed by atoms with E-state index < -0.39 is 17.8 Å². The summed E-state index contributed by atoms with van der Waals surface area (Å²) in [4.78, 5) is 36.8. The molecule has 0 bridgehead atoms. The molecular formula is C17H14Cl2N4O5S2. The fraction of sp³-hybridized carbons (Fsp3) is 0.235. The summed E-state index contributed by atoms with van der Waals surface area (Å²) < 4.78 is 11.1. The van der Waals surface area contributed by atoms with Gasteiger partial charge in [0, 0.05) is 6.20 Å². The van der Waals surface area contributed by atoms with Gasteiger partial charge >= 0.3 is 11.9 Å². The largest absolute Gasteiger partial charge is 0.465 e. The lowest BCUT2D eigenvalue weighted by atomic mass is 10.1. The van der Waals surface area contributed by atoms with Crippen LogP contribution >= 0.6 is 46.3 Å². The average molecular weight is 489 g/mol. The molecule has 0 fully saturated rings. The van der Waals surface area contributed by atoms with Crippen LogP contribution in [0.1, 0.15) is 25.6 Å². The fourth-order valence-corrected chi connectivity index (χ4v) is 4.88. The Morgan fingerprint density at radius 3 is 2.57 bits per heavy atom. The van der Waals surface area contributed by atoms with Crippen molar-refractivity contribution >= 4 is 74.8 Å². The van der Waals surface area contributed by atoms with E-state index in [9.17, 15) is 14.4 Å². The maximum Gasteiger partial charge on any atom is 0.348 e. The minimum absolute atomic E-state index is 0.0456. The first-order valence-electron chi connectivity index (χ1n) is 8.19. The zero-order chi connectivity index (χ0) is 22.0. The van der Waals surface area contributed by atoms with Gasteiger partial charge in [-0.1, -0.05) is 35.0 Å². The molecule has 0 saturated heterocycles. The van der Waals surface area contributed by atoms with E-state index in [1.165, 1.54) is 14.2 Å². The number of ether oxygens (including phenoxy) is 2. The molecule has 0 aliphatic carbocycles. The summed E-state index contributed by atoms with van der Waals surface area (Å²) in [5.41, 5.74) is 0.885. The molecule has 3 heterocycles. The van der Waals surface area contributed by atoms with Gasteiger partial charge in [-0.3, -0.25) is 9.20 Å². The van der Waals surface area contributed by atoms with Gasteiger partial charge in [0.1, 0.15) is 9.88 Å². The minimum Gasteiger partial charge on any atom is -0.465 e. The van der Waals surface area contributed by atoms with Gasteiger partial charge in [-0.05, 0) is 18.6 Å². The number of thiophene rings is 1. The van der Waals surface area contributed by atoms with Gasteiger partial charge in [0.05, 0.1) is 35.6 Å². The molecule has 9 nitrogen and oxygen atoms in total. The number of halogens is 2. The lowest BCUT2D eigenvalue weighted by Crippen LogP contribution is -2.16. The third-order valence-electron chi connectivity index (χ3n) is 3.89. The monoisotopic (exact) mass is 488 g/mol. The van der Waals surface area contributed by atoms with Gasteiger partial charge in [-0.25, -0.2) is 9.59 Å². The lowest BCUT2D eigenvalue weighted by Gasteiger charge is -2.06. The molecule has 0 saturated carbocycles. The van der Waals surface area contributed by atoms with Gasteiger partial charge in [-0.15, -0.1) is 21.5 Å². The number of aromatic nitrogens is 3. The minimum atomic E-state index is -0.672. The summed E-state index contributed by atoms with van der Waals surface area (Å²) in [5, 5.41) is 12.0. The van der Waals surface area contributed by atoms with Gasteiger partial charge in [0.25, 0.3) is 0 Å². The molecule has 0 unspecified atom stereocenters. The summed E-state index contributed by atoms with van der Waals surface area (Å²) in [5.74, 6) is -1.75. The van der Waals surface area contributed by atoms with E-state index in [-0.39, 0.29) is 21.2 Å². The second-order valence-corrected chi connectivity index (χ2v) is 8.57. The first-order chi connectivity index (χ1) is 14.3. The van der Waals surface area contributed by atoms with Crippen LogP contribution in [0.3, 0.4) is 0 Å². The third-order valence-corrected chi connectivity index (χ3v) is 6.50. The Hall–Kier alpha value is -2.34. The van der Waals surface area contributed by atoms with E-state index in [4.69, 9.17) is 32.7 Å². The van der Waals surface area contributed by atoms with Crippen molar-refractivity contribution in [1.82, 2.24) is 14.6 Å². The Kier molecular flexibility index (Phi) is 6.86. The number of hydrogen-bond acceptors (Lipinski definition) is 9. The number of esters is 2. The summed E-state index contributed by atoms with van der Waals surface area (Å²) >= 11 is 14.1. The smallest absolute Gasteiger partial charge is 0.348 e. The molecule has 0 aliphatic heterocycles. The summed E-state index contributed by atoms with van der Waals surface area (Å²) in [7, 11) is 2.45. The van der Waals surface area contributed by atoms with Gasteiger partial charge < -0.3 is 14.8 Å². The first-order valence-corrected chi connectivity index (χ1v) is 10.7. The van der Waals surface area contributed by atoms with E-state index >= 15 is 0 Å². The van der Waals surface area contributed by atoms with E-state index in [1.807, 2.05) is 0 Å². The number of thioether (sulfide) groups is 1. The lowest BCUT2D eigenvalue weighted by molar-refractivity contribution is -0.113. The van der Waals surface area contributed by atoms with Crippen LogP contribution < -0.4 is 5.32 Å². The van der Waals surface area contributed by atoms with Crippen molar-refractivity contribution in [2.24, 2.45) is 0 Å². The van der Waals surface area contributed by atoms with Crippen LogP contribution in [0, 0.1) is 6.92 Å². The molecule has 13 heteroatoms. The number of methoxy groups -OCH3 is 2. The Morgan fingerprint density at radius 1 is 1.20 bits per heavy atom. The predicted molar refractivity (Wildman–Crippen MR) is 114 cm³/mol. The number of amides is 1. The molecule has 1 amide bonds. The second kappa shape index (κ2) is 9.21. The van der Waals surface area contributed by atoms with Crippen LogP contribution in [0.5, 0.6) is 0 Å². The highest BCUT2D eigenvalue weighted by atomic mass is 35.5. The number of hydrogen-bond donors (Lipinski definition) is 1. The SMILES string of the molecule is COC(=O)c1sc(NC(=O)CSc2nnc3c(Cl)cc(Cl)cn23)c(C(=O)OC)c1C. The van der Waals surface area contributed by atoms with Crippen LogP contribution in [0.15, 0.2) is 17.4 Å². The number of carbonyl (C=O) groups excluding carboxylic acids is 3. The highest BCUT2D eigenvalue weighted by molar-refractivity contribution is 7.99. The van der Waals surface area contributed by atoms with E-state index in [0.29, 0.717) is 26.4 Å². The van der Waals surface area contributed by atoms with Gasteiger partial charge in [-0.2, -0.15) is 0 Å². The van der Waals surface area contributed by atoms with Crippen LogP contribution in [0.2, 0.25) is 10.0 Å². The number of anilines is 1. The highest BCUT2D eigenvalue weighted by Crippen LogP contribution is 2.34. The van der Waals surface area contributed by atoms with Crippen molar-refractivity contribution in [3.8, 4) is 0 Å². The number of nitrogens with zero attached hydrogens (tertiary/aromatic N) is 3. The number of rotatable bonds is 6.